The molecule has 0 saturated heterocycles. The molecule has 0 heterocycles. The lowest BCUT2D eigenvalue weighted by molar-refractivity contribution is -0.160. The Balaban J connectivity index is 2.70. The average molecular weight is 411 g/mol. The van der Waals surface area contributed by atoms with Crippen LogP contribution in [0.2, 0.25) is 0 Å². The molecule has 0 spiro atoms. The largest absolute Gasteiger partial charge is 0.492 e. The Morgan fingerprint density at radius 3 is 2.21 bits per heavy atom. The third-order valence-corrected chi connectivity index (χ3v) is 3.17. The van der Waals surface area contributed by atoms with Crippen LogP contribution in [0.25, 0.3) is 0 Å². The average Bonchev–Trinajstić information content (AvgIpc) is 2.53. The van der Waals surface area contributed by atoms with Gasteiger partial charge in [0.05, 0.1) is 6.61 Å². The quantitative estimate of drug-likeness (QED) is 0.475. The van der Waals surface area contributed by atoms with E-state index in [1.807, 2.05) is 6.07 Å². The highest BCUT2D eigenvalue weighted by molar-refractivity contribution is 5.85. The highest BCUT2D eigenvalue weighted by atomic mass is 16.6. The molecular weight excluding hydrogens is 376 g/mol. The molecule has 0 aliphatic rings. The molecule has 0 fully saturated rings. The van der Waals surface area contributed by atoms with Crippen LogP contribution in [0.1, 0.15) is 47.1 Å². The van der Waals surface area contributed by atoms with Crippen LogP contribution in [0.5, 0.6) is 5.75 Å². The summed E-state index contributed by atoms with van der Waals surface area (Å²) in [6.45, 7) is 11.7. The van der Waals surface area contributed by atoms with Crippen molar-refractivity contribution in [2.24, 2.45) is 5.73 Å². The molecule has 1 rings (SSSR count). The van der Waals surface area contributed by atoms with Crippen molar-refractivity contribution in [3.05, 3.63) is 23.8 Å². The summed E-state index contributed by atoms with van der Waals surface area (Å²) in [5.74, 6) is 0.163. The molecule has 8 heteroatoms. The fourth-order valence-electron chi connectivity index (χ4n) is 2.28. The van der Waals surface area contributed by atoms with Gasteiger partial charge in [-0.25, -0.2) is 9.59 Å². The van der Waals surface area contributed by atoms with Crippen molar-refractivity contribution in [3.63, 3.8) is 0 Å². The Labute approximate surface area is 173 Å². The molecule has 0 unspecified atom stereocenters. The maximum atomic E-state index is 12.0. The number of rotatable bonds is 9. The number of hydrogen-bond donors (Lipinski definition) is 2. The second-order valence-corrected chi connectivity index (χ2v) is 8.52. The van der Waals surface area contributed by atoms with E-state index in [0.717, 1.165) is 5.56 Å². The lowest BCUT2D eigenvalue weighted by Crippen LogP contribution is -2.27. The summed E-state index contributed by atoms with van der Waals surface area (Å²) in [7, 11) is 0. The molecule has 0 aliphatic carbocycles. The van der Waals surface area contributed by atoms with Crippen LogP contribution < -0.4 is 15.8 Å². The number of nitrogens with one attached hydrogen (secondary N) is 1. The van der Waals surface area contributed by atoms with E-state index in [2.05, 4.69) is 5.32 Å². The predicted molar refractivity (Wildman–Crippen MR) is 111 cm³/mol. The maximum Gasteiger partial charge on any atom is 0.412 e. The summed E-state index contributed by atoms with van der Waals surface area (Å²) in [6.07, 6.45) is -0.0355. The van der Waals surface area contributed by atoms with E-state index >= 15 is 0 Å². The Morgan fingerprint density at radius 1 is 0.966 bits per heavy atom. The van der Waals surface area contributed by atoms with Crippen molar-refractivity contribution in [1.82, 2.24) is 0 Å². The Hall–Kier alpha value is -2.32. The third-order valence-electron chi connectivity index (χ3n) is 3.17. The topological polar surface area (TPSA) is 109 Å². The van der Waals surface area contributed by atoms with Gasteiger partial charge in [-0.1, -0.05) is 0 Å². The summed E-state index contributed by atoms with van der Waals surface area (Å²) < 4.78 is 21.5. The van der Waals surface area contributed by atoms with E-state index in [0.29, 0.717) is 37.6 Å². The smallest absolute Gasteiger partial charge is 0.412 e. The molecule has 8 nitrogen and oxygen atoms in total. The Bertz CT molecular complexity index is 677. The van der Waals surface area contributed by atoms with Gasteiger partial charge >= 0.3 is 12.1 Å². The zero-order valence-corrected chi connectivity index (χ0v) is 18.3. The molecule has 164 valence electrons. The number of anilines is 1. The molecule has 1 aromatic rings. The Morgan fingerprint density at radius 2 is 1.62 bits per heavy atom. The van der Waals surface area contributed by atoms with Crippen molar-refractivity contribution in [2.75, 3.05) is 31.7 Å². The van der Waals surface area contributed by atoms with E-state index in [9.17, 15) is 9.59 Å². The summed E-state index contributed by atoms with van der Waals surface area (Å²) in [5.41, 5.74) is 5.76. The molecular formula is C21H34N2O6. The lowest BCUT2D eigenvalue weighted by atomic mass is 10.1. The first-order chi connectivity index (χ1) is 13.4. The summed E-state index contributed by atoms with van der Waals surface area (Å²) in [4.78, 5) is 23.7. The molecule has 0 radical (unpaired) electrons. The number of benzene rings is 1. The predicted octanol–water partition coefficient (Wildman–Crippen LogP) is 3.27. The van der Waals surface area contributed by atoms with Crippen LogP contribution in [0.4, 0.5) is 10.5 Å². The van der Waals surface area contributed by atoms with Gasteiger partial charge in [-0.3, -0.25) is 5.32 Å². The Kier molecular flexibility index (Phi) is 9.39. The van der Waals surface area contributed by atoms with Crippen molar-refractivity contribution in [2.45, 2.75) is 59.2 Å². The summed E-state index contributed by atoms with van der Waals surface area (Å²) >= 11 is 0. The van der Waals surface area contributed by atoms with Gasteiger partial charge in [-0.15, -0.1) is 0 Å². The van der Waals surface area contributed by atoms with Crippen LogP contribution >= 0.6 is 0 Å². The van der Waals surface area contributed by atoms with Crippen molar-refractivity contribution < 1.29 is 28.5 Å². The van der Waals surface area contributed by atoms with Crippen LogP contribution in [0.15, 0.2) is 18.2 Å². The summed E-state index contributed by atoms with van der Waals surface area (Å²) in [6, 6.07) is 5.34. The van der Waals surface area contributed by atoms with Gasteiger partial charge in [-0.2, -0.15) is 0 Å². The number of amides is 1. The van der Waals surface area contributed by atoms with Gasteiger partial charge in [0.1, 0.15) is 30.2 Å². The first-order valence-electron chi connectivity index (χ1n) is 9.64. The normalized spacial score (nSPS) is 11.7. The van der Waals surface area contributed by atoms with Crippen LogP contribution in [0.3, 0.4) is 0 Å². The molecule has 1 aromatic carbocycles. The van der Waals surface area contributed by atoms with Gasteiger partial charge in [0.2, 0.25) is 0 Å². The fourth-order valence-corrected chi connectivity index (χ4v) is 2.28. The molecule has 0 aromatic heterocycles. The lowest BCUT2D eigenvalue weighted by Gasteiger charge is -2.20. The van der Waals surface area contributed by atoms with E-state index in [1.54, 1.807) is 53.7 Å². The molecule has 1 amide bonds. The number of esters is 1. The number of carbonyl (C=O) groups is 2. The van der Waals surface area contributed by atoms with E-state index < -0.39 is 23.3 Å². The minimum atomic E-state index is -0.601. The number of nitrogens with two attached hydrogens (primary N) is 1. The standard InChI is InChI=1S/C21H34N2O6/c1-20(2,3)28-18(24)14-26-9-7-15-11-16(13-17(12-15)27-10-8-22)23-19(25)29-21(4,5)6/h11-13H,7-10,14,22H2,1-6H3,(H,23,25). The highest BCUT2D eigenvalue weighted by Gasteiger charge is 2.17. The number of carbonyl (C=O) groups excluding carboxylic acids is 2. The van der Waals surface area contributed by atoms with Gasteiger partial charge in [0.15, 0.2) is 0 Å². The first kappa shape index (κ1) is 24.7. The molecule has 3 N–H and O–H groups in total. The minimum absolute atomic E-state index is 0.121. The SMILES string of the molecule is CC(C)(C)OC(=O)COCCc1cc(NC(=O)OC(C)(C)C)cc(OCCN)c1. The molecule has 0 saturated carbocycles. The molecule has 0 bridgehead atoms. The van der Waals surface area contributed by atoms with Crippen molar-refractivity contribution in [1.29, 1.82) is 0 Å². The van der Waals surface area contributed by atoms with E-state index in [-0.39, 0.29) is 6.61 Å². The monoisotopic (exact) mass is 410 g/mol. The molecule has 0 aliphatic heterocycles. The van der Waals surface area contributed by atoms with Crippen LogP contribution in [-0.4, -0.2) is 49.6 Å². The van der Waals surface area contributed by atoms with Gasteiger partial charge < -0.3 is 24.7 Å². The van der Waals surface area contributed by atoms with Crippen LogP contribution in [0, 0.1) is 0 Å². The molecule has 0 atom stereocenters. The van der Waals surface area contributed by atoms with Crippen LogP contribution in [-0.2, 0) is 25.4 Å². The van der Waals surface area contributed by atoms with Gasteiger partial charge in [0.25, 0.3) is 0 Å². The minimum Gasteiger partial charge on any atom is -0.492 e. The summed E-state index contributed by atoms with van der Waals surface area (Å²) in [5, 5.41) is 2.70. The maximum absolute atomic E-state index is 12.0. The third kappa shape index (κ3) is 12.0. The molecule has 29 heavy (non-hydrogen) atoms. The van der Waals surface area contributed by atoms with Crippen molar-refractivity contribution in [3.8, 4) is 5.75 Å². The number of hydrogen-bond acceptors (Lipinski definition) is 7. The highest BCUT2D eigenvalue weighted by Crippen LogP contribution is 2.22. The second-order valence-electron chi connectivity index (χ2n) is 8.52. The van der Waals surface area contributed by atoms with E-state index in [4.69, 9.17) is 24.7 Å². The first-order valence-corrected chi connectivity index (χ1v) is 9.64. The van der Waals surface area contributed by atoms with E-state index in [1.165, 1.54) is 0 Å². The van der Waals surface area contributed by atoms with Gasteiger partial charge in [0, 0.05) is 18.3 Å². The number of ether oxygens (including phenoxy) is 4. The van der Waals surface area contributed by atoms with Gasteiger partial charge in [-0.05, 0) is 65.7 Å². The zero-order chi connectivity index (χ0) is 22.1. The second kappa shape index (κ2) is 11.0. The van der Waals surface area contributed by atoms with Crippen molar-refractivity contribution >= 4 is 17.7 Å². The zero-order valence-electron chi connectivity index (χ0n) is 18.3. The fraction of sp³-hybridized carbons (Fsp3) is 0.619.